The van der Waals surface area contributed by atoms with Crippen molar-refractivity contribution in [2.24, 2.45) is 7.05 Å². The van der Waals surface area contributed by atoms with E-state index in [0.29, 0.717) is 22.5 Å². The maximum absolute atomic E-state index is 13.3. The summed E-state index contributed by atoms with van der Waals surface area (Å²) in [5.74, 6) is -0.376. The summed E-state index contributed by atoms with van der Waals surface area (Å²) >= 11 is 0. The number of allylic oxidation sites excluding steroid dienone is 6. The predicted molar refractivity (Wildman–Crippen MR) is 118 cm³/mol. The van der Waals surface area contributed by atoms with Gasteiger partial charge in [0.25, 0.3) is 0 Å². The second-order valence-electron chi connectivity index (χ2n) is 8.46. The van der Waals surface area contributed by atoms with E-state index in [0.717, 1.165) is 15.7 Å². The largest absolute Gasteiger partial charge is 0.491 e. The number of aliphatic hydroxyl groups excluding tert-OH is 1. The molecule has 0 bridgehead atoms. The van der Waals surface area contributed by atoms with Gasteiger partial charge in [-0.2, -0.15) is 0 Å². The van der Waals surface area contributed by atoms with Gasteiger partial charge in [-0.15, -0.1) is 0 Å². The second-order valence-corrected chi connectivity index (χ2v) is 8.46. The minimum atomic E-state index is -0.544. The van der Waals surface area contributed by atoms with Crippen molar-refractivity contribution in [2.75, 3.05) is 13.2 Å². The quantitative estimate of drug-likeness (QED) is 0.545. The second kappa shape index (κ2) is 7.70. The van der Waals surface area contributed by atoms with Gasteiger partial charge in [-0.3, -0.25) is 9.59 Å². The van der Waals surface area contributed by atoms with Crippen LogP contribution >= 0.6 is 0 Å². The number of ether oxygens (including phenoxy) is 1. The number of Topliss-reactive ketones (excluding diaryl/α,β-unsaturated/α-hetero) is 1. The molecular weight excluding hydrogens is 426 g/mol. The van der Waals surface area contributed by atoms with Gasteiger partial charge in [0.2, 0.25) is 0 Å². The van der Waals surface area contributed by atoms with Crippen LogP contribution in [0.3, 0.4) is 0 Å². The monoisotopic (exact) mass is 449 g/mol. The van der Waals surface area contributed by atoms with Gasteiger partial charge in [0, 0.05) is 36.1 Å². The number of carbonyl (C=O) groups excluding carboxylic acids is 2. The van der Waals surface area contributed by atoms with Gasteiger partial charge in [-0.25, -0.2) is 23.5 Å². The summed E-state index contributed by atoms with van der Waals surface area (Å²) in [6.07, 6.45) is 3.41. The normalized spacial score (nSPS) is 21.8. The zero-order valence-electron chi connectivity index (χ0n) is 18.3. The molecule has 0 unspecified atom stereocenters. The van der Waals surface area contributed by atoms with E-state index >= 15 is 0 Å². The van der Waals surface area contributed by atoms with E-state index in [4.69, 9.17) is 9.84 Å². The molecule has 33 heavy (non-hydrogen) atoms. The third kappa shape index (κ3) is 3.11. The molecule has 9 heteroatoms. The van der Waals surface area contributed by atoms with E-state index in [2.05, 4.69) is 0 Å². The lowest BCUT2D eigenvalue weighted by molar-refractivity contribution is -0.116. The van der Waals surface area contributed by atoms with Crippen LogP contribution in [-0.2, 0) is 23.2 Å². The predicted octanol–water partition coefficient (Wildman–Crippen LogP) is 0.783. The highest BCUT2D eigenvalue weighted by Crippen LogP contribution is 2.49. The third-order valence-electron chi connectivity index (χ3n) is 6.60. The number of ketones is 2. The van der Waals surface area contributed by atoms with Crippen LogP contribution in [0, 0.1) is 0 Å². The number of nitrogens with zero attached hydrogens (tertiary/aromatic N) is 3. The van der Waals surface area contributed by atoms with Crippen LogP contribution in [0.1, 0.15) is 30.9 Å². The van der Waals surface area contributed by atoms with Crippen LogP contribution in [0.25, 0.3) is 0 Å². The molecule has 3 aliphatic rings. The number of fused-ring (bicyclic) bond motifs is 3. The van der Waals surface area contributed by atoms with Crippen molar-refractivity contribution in [3.63, 3.8) is 0 Å². The van der Waals surface area contributed by atoms with E-state index < -0.39 is 23.3 Å². The first-order chi connectivity index (χ1) is 15.8. The summed E-state index contributed by atoms with van der Waals surface area (Å²) in [6.45, 7) is 1.89. The van der Waals surface area contributed by atoms with Crippen LogP contribution in [0.15, 0.2) is 68.3 Å². The average molecular weight is 449 g/mol. The number of aliphatic hydroxyl groups is 1. The summed E-state index contributed by atoms with van der Waals surface area (Å²) < 4.78 is 9.30. The molecule has 1 aliphatic heterocycles. The van der Waals surface area contributed by atoms with Crippen LogP contribution in [0.2, 0.25) is 0 Å². The van der Waals surface area contributed by atoms with Crippen molar-refractivity contribution in [2.45, 2.75) is 31.8 Å². The average Bonchev–Trinajstić information content (AvgIpc) is 3.04. The van der Waals surface area contributed by atoms with Crippen LogP contribution in [-0.4, -0.2) is 43.8 Å². The summed E-state index contributed by atoms with van der Waals surface area (Å²) in [5.41, 5.74) is 1.94. The SMILES string of the molecule is CC1=CC(=O)C2=C(C1=O)[C@@H](c1ccc(OCCO)cc1)C1=CCn3c(=O)n(C)c(=O)n3[C@@H]1C2. The van der Waals surface area contributed by atoms with E-state index in [9.17, 15) is 19.2 Å². The van der Waals surface area contributed by atoms with Crippen molar-refractivity contribution >= 4 is 11.6 Å². The Balaban J connectivity index is 1.69. The molecule has 2 atom stereocenters. The molecule has 0 saturated carbocycles. The van der Waals surface area contributed by atoms with E-state index in [1.807, 2.05) is 18.2 Å². The summed E-state index contributed by atoms with van der Waals surface area (Å²) in [6, 6.07) is 6.61. The number of carbonyl (C=O) groups is 2. The first-order valence-electron chi connectivity index (χ1n) is 10.8. The smallest absolute Gasteiger partial charge is 0.347 e. The molecule has 0 spiro atoms. The molecule has 0 fully saturated rings. The molecule has 2 heterocycles. The standard InChI is InChI=1S/C24H23N3O6/c1-13-11-19(29)17-12-18-16(7-8-26-23(31)25(2)24(32)27(18)26)20(21(17)22(13)30)14-3-5-15(6-4-14)33-10-9-28/h3-7,11,18,20,28H,8-10,12H2,1-2H3/t18-,20+/m1/s1. The van der Waals surface area contributed by atoms with Crippen molar-refractivity contribution in [3.8, 4) is 5.75 Å². The van der Waals surface area contributed by atoms with Crippen molar-refractivity contribution in [1.82, 2.24) is 13.9 Å². The number of benzene rings is 1. The maximum atomic E-state index is 13.3. The number of hydrogen-bond donors (Lipinski definition) is 1. The molecule has 2 aliphatic carbocycles. The van der Waals surface area contributed by atoms with E-state index in [-0.39, 0.29) is 37.7 Å². The molecule has 0 amide bonds. The lowest BCUT2D eigenvalue weighted by Crippen LogP contribution is -2.40. The molecule has 1 aromatic heterocycles. The van der Waals surface area contributed by atoms with Gasteiger partial charge in [0.15, 0.2) is 11.6 Å². The van der Waals surface area contributed by atoms with Crippen LogP contribution < -0.4 is 16.1 Å². The molecule has 5 rings (SSSR count). The molecule has 2 aromatic rings. The van der Waals surface area contributed by atoms with Crippen LogP contribution in [0.4, 0.5) is 0 Å². The highest BCUT2D eigenvalue weighted by atomic mass is 16.5. The highest BCUT2D eigenvalue weighted by molar-refractivity contribution is 6.23. The first-order valence-corrected chi connectivity index (χ1v) is 10.8. The Morgan fingerprint density at radius 2 is 1.82 bits per heavy atom. The Morgan fingerprint density at radius 1 is 1.09 bits per heavy atom. The van der Waals surface area contributed by atoms with E-state index in [1.165, 1.54) is 22.5 Å². The molecule has 0 saturated heterocycles. The fourth-order valence-electron chi connectivity index (χ4n) is 5.04. The molecule has 0 radical (unpaired) electrons. The Morgan fingerprint density at radius 3 is 2.52 bits per heavy atom. The number of aromatic nitrogens is 3. The van der Waals surface area contributed by atoms with E-state index in [1.54, 1.807) is 19.1 Å². The van der Waals surface area contributed by atoms with Gasteiger partial charge in [0.1, 0.15) is 12.4 Å². The molecule has 1 aromatic carbocycles. The van der Waals surface area contributed by atoms with Crippen molar-refractivity contribution in [3.05, 3.63) is 85.2 Å². The van der Waals surface area contributed by atoms with Crippen molar-refractivity contribution < 1.29 is 19.4 Å². The van der Waals surface area contributed by atoms with Gasteiger partial charge >= 0.3 is 11.4 Å². The third-order valence-corrected chi connectivity index (χ3v) is 6.60. The molecule has 9 nitrogen and oxygen atoms in total. The van der Waals surface area contributed by atoms with Gasteiger partial charge in [0.05, 0.1) is 19.2 Å². The Hall–Kier alpha value is -3.72. The summed E-state index contributed by atoms with van der Waals surface area (Å²) in [4.78, 5) is 51.6. The zero-order chi connectivity index (χ0) is 23.4. The first kappa shape index (κ1) is 21.1. The molecular formula is C24H23N3O6. The number of rotatable bonds is 4. The Kier molecular flexibility index (Phi) is 4.93. The van der Waals surface area contributed by atoms with Gasteiger partial charge in [-0.1, -0.05) is 18.2 Å². The summed E-state index contributed by atoms with van der Waals surface area (Å²) in [7, 11) is 1.43. The minimum Gasteiger partial charge on any atom is -0.491 e. The van der Waals surface area contributed by atoms with Crippen LogP contribution in [0.5, 0.6) is 5.75 Å². The minimum absolute atomic E-state index is 0.106. The number of hydrogen-bond acceptors (Lipinski definition) is 6. The lowest BCUT2D eigenvalue weighted by Gasteiger charge is -2.39. The highest BCUT2D eigenvalue weighted by Gasteiger charge is 2.44. The Labute approximate surface area is 188 Å². The molecule has 170 valence electrons. The van der Waals surface area contributed by atoms with Crippen molar-refractivity contribution in [1.29, 1.82) is 0 Å². The van der Waals surface area contributed by atoms with Gasteiger partial charge in [-0.05, 0) is 36.3 Å². The summed E-state index contributed by atoms with van der Waals surface area (Å²) in [5, 5.41) is 8.98. The lowest BCUT2D eigenvalue weighted by atomic mass is 9.68. The molecule has 1 N–H and O–H groups in total. The fraction of sp³-hybridized carbons (Fsp3) is 0.333. The maximum Gasteiger partial charge on any atom is 0.347 e. The Bertz CT molecular complexity index is 1400. The van der Waals surface area contributed by atoms with Gasteiger partial charge < -0.3 is 9.84 Å². The zero-order valence-corrected chi connectivity index (χ0v) is 18.3. The fourth-order valence-corrected chi connectivity index (χ4v) is 5.04. The topological polar surface area (TPSA) is 113 Å².